The highest BCUT2D eigenvalue weighted by Crippen LogP contribution is 2.34. The number of hydrogen-bond donors (Lipinski definition) is 2. The van der Waals surface area contributed by atoms with E-state index in [0.29, 0.717) is 0 Å². The molecule has 0 unspecified atom stereocenters. The summed E-state index contributed by atoms with van der Waals surface area (Å²) in [5, 5.41) is 5.93. The van der Waals surface area contributed by atoms with Crippen molar-refractivity contribution in [2.45, 2.75) is 59.4 Å². The first kappa shape index (κ1) is 16.8. The third kappa shape index (κ3) is 5.78. The van der Waals surface area contributed by atoms with Gasteiger partial charge in [0.1, 0.15) is 0 Å². The molecule has 2 N–H and O–H groups in total. The first-order valence-electron chi connectivity index (χ1n) is 6.22. The van der Waals surface area contributed by atoms with Gasteiger partial charge in [-0.25, -0.2) is 0 Å². The molecule has 1 aliphatic carbocycles. The van der Waals surface area contributed by atoms with Crippen LogP contribution in [-0.2, 0) is 4.79 Å². The maximum atomic E-state index is 11.3. The molecule has 0 aromatic rings. The number of amides is 1. The summed E-state index contributed by atoms with van der Waals surface area (Å²) in [5.41, 5.74) is -0.199. The van der Waals surface area contributed by atoms with Crippen molar-refractivity contribution in [3.63, 3.8) is 0 Å². The van der Waals surface area contributed by atoms with Crippen LogP contribution in [0, 0.1) is 0 Å². The molecule has 0 aromatic heterocycles. The lowest BCUT2D eigenvalue weighted by Gasteiger charge is -2.12. The zero-order valence-electron chi connectivity index (χ0n) is 11.2. The Kier molecular flexibility index (Phi) is 11.2. The van der Waals surface area contributed by atoms with Gasteiger partial charge in [-0.15, -0.1) is 0 Å². The van der Waals surface area contributed by atoms with Gasteiger partial charge >= 0.3 is 0 Å². The second-order valence-corrected chi connectivity index (χ2v) is 3.09. The van der Waals surface area contributed by atoms with E-state index in [4.69, 9.17) is 0 Å². The molecule has 15 heavy (non-hydrogen) atoms. The molecule has 1 saturated carbocycles. The summed E-state index contributed by atoms with van der Waals surface area (Å²) in [6.07, 6.45) is 2.98. The van der Waals surface area contributed by atoms with E-state index in [1.165, 1.54) is 0 Å². The molecule has 0 heterocycles. The first-order valence-corrected chi connectivity index (χ1v) is 6.22. The molecule has 1 aliphatic rings. The van der Waals surface area contributed by atoms with Crippen molar-refractivity contribution in [3.05, 3.63) is 0 Å². The molecule has 1 fully saturated rings. The van der Waals surface area contributed by atoms with Crippen molar-refractivity contribution in [1.29, 1.82) is 0 Å². The van der Waals surface area contributed by atoms with Gasteiger partial charge in [-0.05, 0) is 26.3 Å². The minimum atomic E-state index is -0.199. The monoisotopic (exact) mass is 216 g/mol. The highest BCUT2D eigenvalue weighted by Gasteiger charge is 2.48. The van der Waals surface area contributed by atoms with Crippen LogP contribution >= 0.6 is 0 Å². The second-order valence-electron chi connectivity index (χ2n) is 3.09. The zero-order valence-corrected chi connectivity index (χ0v) is 11.2. The highest BCUT2D eigenvalue weighted by molar-refractivity contribution is 5.89. The first-order chi connectivity index (χ1) is 7.25. The van der Waals surface area contributed by atoms with Crippen LogP contribution in [0.2, 0.25) is 0 Å². The molecule has 0 aromatic carbocycles. The number of nitrogens with one attached hydrogen (secondary N) is 2. The predicted molar refractivity (Wildman–Crippen MR) is 67.0 cm³/mol. The van der Waals surface area contributed by atoms with Crippen LogP contribution in [0.15, 0.2) is 0 Å². The topological polar surface area (TPSA) is 41.1 Å². The Balaban J connectivity index is 0. The van der Waals surface area contributed by atoms with Crippen molar-refractivity contribution in [2.24, 2.45) is 0 Å². The number of carbonyl (C=O) groups is 1. The van der Waals surface area contributed by atoms with Gasteiger partial charge in [-0.1, -0.05) is 34.6 Å². The lowest BCUT2D eigenvalue weighted by atomic mass is 10.2. The Morgan fingerprint density at radius 1 is 1.20 bits per heavy atom. The third-order valence-electron chi connectivity index (χ3n) is 2.20. The summed E-state index contributed by atoms with van der Waals surface area (Å²) < 4.78 is 0. The van der Waals surface area contributed by atoms with Crippen molar-refractivity contribution < 1.29 is 4.79 Å². The van der Waals surface area contributed by atoms with Crippen LogP contribution in [0.4, 0.5) is 0 Å². The molecule has 1 rings (SSSR count). The normalized spacial score (nSPS) is 15.1. The quantitative estimate of drug-likeness (QED) is 0.757. The Morgan fingerprint density at radius 2 is 1.67 bits per heavy atom. The van der Waals surface area contributed by atoms with Gasteiger partial charge in [0.05, 0.1) is 5.54 Å². The standard InChI is InChI=1S/C8H16N2O.2C2H6/c1-3-6-10-7(11)8(9-2)4-5-8;2*1-2/h9H,3-6H2,1-2H3,(H,10,11);2*1-2H3. The van der Waals surface area contributed by atoms with Gasteiger partial charge in [0.15, 0.2) is 0 Å². The summed E-state index contributed by atoms with van der Waals surface area (Å²) in [6, 6.07) is 0. The third-order valence-corrected chi connectivity index (χ3v) is 2.20. The van der Waals surface area contributed by atoms with Crippen molar-refractivity contribution >= 4 is 5.91 Å². The van der Waals surface area contributed by atoms with Crippen molar-refractivity contribution in [1.82, 2.24) is 10.6 Å². The Bertz CT molecular complexity index is 154. The van der Waals surface area contributed by atoms with Crippen LogP contribution < -0.4 is 10.6 Å². The number of rotatable bonds is 4. The van der Waals surface area contributed by atoms with Gasteiger partial charge < -0.3 is 10.6 Å². The van der Waals surface area contributed by atoms with E-state index in [1.807, 2.05) is 34.7 Å². The summed E-state index contributed by atoms with van der Waals surface area (Å²) in [7, 11) is 1.85. The van der Waals surface area contributed by atoms with Gasteiger partial charge in [0.25, 0.3) is 0 Å². The molecular formula is C12H28N2O. The van der Waals surface area contributed by atoms with Crippen LogP contribution in [0.3, 0.4) is 0 Å². The van der Waals surface area contributed by atoms with Crippen LogP contribution in [0.5, 0.6) is 0 Å². The number of likely N-dealkylation sites (N-methyl/N-ethyl adjacent to an activating group) is 1. The van der Waals surface area contributed by atoms with E-state index < -0.39 is 0 Å². The van der Waals surface area contributed by atoms with E-state index in [9.17, 15) is 4.79 Å². The van der Waals surface area contributed by atoms with Crippen LogP contribution in [0.1, 0.15) is 53.9 Å². The molecular weight excluding hydrogens is 188 g/mol. The molecule has 0 spiro atoms. The van der Waals surface area contributed by atoms with Crippen molar-refractivity contribution in [3.8, 4) is 0 Å². The van der Waals surface area contributed by atoms with E-state index in [0.717, 1.165) is 25.8 Å². The molecule has 0 aliphatic heterocycles. The fourth-order valence-electron chi connectivity index (χ4n) is 1.12. The molecule has 3 nitrogen and oxygen atoms in total. The molecule has 1 amide bonds. The average molecular weight is 216 g/mol. The van der Waals surface area contributed by atoms with Crippen LogP contribution in [0.25, 0.3) is 0 Å². The number of hydrogen-bond acceptors (Lipinski definition) is 2. The lowest BCUT2D eigenvalue weighted by Crippen LogP contribution is -2.44. The van der Waals surface area contributed by atoms with E-state index in [-0.39, 0.29) is 11.4 Å². The minimum Gasteiger partial charge on any atom is -0.355 e. The van der Waals surface area contributed by atoms with Gasteiger partial charge in [0.2, 0.25) is 5.91 Å². The molecule has 0 radical (unpaired) electrons. The largest absolute Gasteiger partial charge is 0.355 e. The molecule has 3 heteroatoms. The summed E-state index contributed by atoms with van der Waals surface area (Å²) in [4.78, 5) is 11.3. The lowest BCUT2D eigenvalue weighted by molar-refractivity contribution is -0.124. The Hall–Kier alpha value is -0.570. The van der Waals surface area contributed by atoms with Gasteiger partial charge in [-0.3, -0.25) is 4.79 Å². The Morgan fingerprint density at radius 3 is 1.93 bits per heavy atom. The highest BCUT2D eigenvalue weighted by atomic mass is 16.2. The maximum Gasteiger partial charge on any atom is 0.240 e. The average Bonchev–Trinajstić information content (AvgIpc) is 3.12. The molecule has 92 valence electrons. The SMILES string of the molecule is CC.CC.CCCNC(=O)C1(NC)CC1. The van der Waals surface area contributed by atoms with Gasteiger partial charge in [0, 0.05) is 6.54 Å². The van der Waals surface area contributed by atoms with E-state index >= 15 is 0 Å². The summed E-state index contributed by atoms with van der Waals surface area (Å²) in [6.45, 7) is 10.8. The van der Waals surface area contributed by atoms with Gasteiger partial charge in [-0.2, -0.15) is 0 Å². The molecule has 0 atom stereocenters. The molecule has 0 saturated heterocycles. The smallest absolute Gasteiger partial charge is 0.240 e. The Labute approximate surface area is 95.0 Å². The fraction of sp³-hybridized carbons (Fsp3) is 0.917. The summed E-state index contributed by atoms with van der Waals surface area (Å²) in [5.74, 6) is 0.168. The zero-order chi connectivity index (χ0) is 12.3. The van der Waals surface area contributed by atoms with Crippen molar-refractivity contribution in [2.75, 3.05) is 13.6 Å². The molecule has 0 bridgehead atoms. The van der Waals surface area contributed by atoms with E-state index in [1.54, 1.807) is 0 Å². The maximum absolute atomic E-state index is 11.3. The minimum absolute atomic E-state index is 0.168. The number of carbonyl (C=O) groups excluding carboxylic acids is 1. The fourth-order valence-corrected chi connectivity index (χ4v) is 1.12. The predicted octanol–water partition coefficient (Wildman–Crippen LogP) is 2.32. The second kappa shape index (κ2) is 9.97. The van der Waals surface area contributed by atoms with E-state index in [2.05, 4.69) is 17.6 Å². The van der Waals surface area contributed by atoms with Crippen LogP contribution in [-0.4, -0.2) is 25.0 Å². The summed E-state index contributed by atoms with van der Waals surface area (Å²) >= 11 is 0.